The fourth-order valence-corrected chi connectivity index (χ4v) is 3.25. The Hall–Kier alpha value is -1.56. The summed E-state index contributed by atoms with van der Waals surface area (Å²) in [5, 5.41) is 0. The minimum absolute atomic E-state index is 0.0382. The van der Waals surface area contributed by atoms with Crippen LogP contribution in [0.3, 0.4) is 0 Å². The van der Waals surface area contributed by atoms with Crippen molar-refractivity contribution in [2.24, 2.45) is 5.73 Å². The molecule has 6 heteroatoms. The van der Waals surface area contributed by atoms with E-state index in [-0.39, 0.29) is 30.0 Å². The van der Waals surface area contributed by atoms with E-state index in [0.29, 0.717) is 6.54 Å². The maximum Gasteiger partial charge on any atom is 0.416 e. The van der Waals surface area contributed by atoms with E-state index in [0.717, 1.165) is 18.9 Å². The van der Waals surface area contributed by atoms with Gasteiger partial charge in [0.15, 0.2) is 0 Å². The summed E-state index contributed by atoms with van der Waals surface area (Å²) in [5.74, 6) is -0.586. The lowest BCUT2D eigenvalue weighted by Gasteiger charge is -2.37. The summed E-state index contributed by atoms with van der Waals surface area (Å²) in [5.41, 5.74) is 5.40. The predicted molar refractivity (Wildman–Crippen MR) is 82.9 cm³/mol. The molecule has 0 aliphatic carbocycles. The van der Waals surface area contributed by atoms with Gasteiger partial charge in [-0.1, -0.05) is 25.1 Å². The van der Waals surface area contributed by atoms with Gasteiger partial charge in [0, 0.05) is 25.0 Å². The summed E-state index contributed by atoms with van der Waals surface area (Å²) in [6, 6.07) is 5.60. The third kappa shape index (κ3) is 4.25. The van der Waals surface area contributed by atoms with E-state index < -0.39 is 17.7 Å². The van der Waals surface area contributed by atoms with Crippen LogP contribution in [0.25, 0.3) is 0 Å². The number of piperidine rings is 1. The minimum atomic E-state index is -4.40. The summed E-state index contributed by atoms with van der Waals surface area (Å²) >= 11 is 0. The number of alkyl halides is 3. The van der Waals surface area contributed by atoms with Crippen LogP contribution in [-0.4, -0.2) is 29.4 Å². The Balaban J connectivity index is 2.10. The summed E-state index contributed by atoms with van der Waals surface area (Å²) in [6.07, 6.45) is -2.85. The van der Waals surface area contributed by atoms with Crippen LogP contribution in [0.5, 0.6) is 0 Å². The zero-order valence-electron chi connectivity index (χ0n) is 13.4. The number of likely N-dealkylation sites (tertiary alicyclic amines) is 1. The van der Waals surface area contributed by atoms with Gasteiger partial charge in [-0.25, -0.2) is 0 Å². The zero-order chi connectivity index (χ0) is 17.2. The van der Waals surface area contributed by atoms with Gasteiger partial charge in [0.2, 0.25) is 5.91 Å². The van der Waals surface area contributed by atoms with Crippen LogP contribution in [0.4, 0.5) is 13.2 Å². The van der Waals surface area contributed by atoms with Gasteiger partial charge in [-0.2, -0.15) is 13.2 Å². The van der Waals surface area contributed by atoms with Crippen LogP contribution in [0.1, 0.15) is 50.2 Å². The first-order valence-corrected chi connectivity index (χ1v) is 7.91. The van der Waals surface area contributed by atoms with Crippen molar-refractivity contribution in [2.45, 2.75) is 57.3 Å². The van der Waals surface area contributed by atoms with Gasteiger partial charge in [-0.05, 0) is 37.3 Å². The highest BCUT2D eigenvalue weighted by Gasteiger charge is 2.35. The van der Waals surface area contributed by atoms with Crippen molar-refractivity contribution in [3.8, 4) is 0 Å². The molecule has 1 aliphatic rings. The molecule has 128 valence electrons. The molecule has 1 heterocycles. The fraction of sp³-hybridized carbons (Fsp3) is 0.588. The van der Waals surface area contributed by atoms with E-state index in [1.165, 1.54) is 12.1 Å². The van der Waals surface area contributed by atoms with Crippen LogP contribution < -0.4 is 5.73 Å². The maximum atomic E-state index is 13.1. The summed E-state index contributed by atoms with van der Waals surface area (Å²) in [6.45, 7) is 4.18. The Morgan fingerprint density at radius 3 is 2.65 bits per heavy atom. The van der Waals surface area contributed by atoms with Crippen molar-refractivity contribution in [3.63, 3.8) is 0 Å². The molecule has 2 N–H and O–H groups in total. The molecule has 0 spiro atoms. The molecule has 0 unspecified atom stereocenters. The lowest BCUT2D eigenvalue weighted by Crippen LogP contribution is -2.48. The highest BCUT2D eigenvalue weighted by molar-refractivity contribution is 5.77. The Morgan fingerprint density at radius 2 is 2.04 bits per heavy atom. The lowest BCUT2D eigenvalue weighted by atomic mass is 9.91. The Morgan fingerprint density at radius 1 is 1.39 bits per heavy atom. The topological polar surface area (TPSA) is 46.3 Å². The number of carbonyl (C=O) groups is 1. The summed E-state index contributed by atoms with van der Waals surface area (Å²) in [7, 11) is 0. The van der Waals surface area contributed by atoms with Crippen molar-refractivity contribution in [2.75, 3.05) is 6.54 Å². The number of hydrogen-bond donors (Lipinski definition) is 1. The highest BCUT2D eigenvalue weighted by Crippen LogP contribution is 2.36. The number of hydrogen-bond acceptors (Lipinski definition) is 2. The molecule has 1 saturated heterocycles. The van der Waals surface area contributed by atoms with Gasteiger partial charge in [0.25, 0.3) is 0 Å². The van der Waals surface area contributed by atoms with Crippen molar-refractivity contribution in [1.82, 2.24) is 4.90 Å². The second kappa shape index (κ2) is 6.91. The SMILES string of the molecule is C[C@H](CC(=O)N1CC[C@@H](N)C[C@H]1C)c1ccccc1C(F)(F)F. The fourth-order valence-electron chi connectivity index (χ4n) is 3.25. The van der Waals surface area contributed by atoms with Gasteiger partial charge >= 0.3 is 6.18 Å². The minimum Gasteiger partial charge on any atom is -0.340 e. The van der Waals surface area contributed by atoms with Crippen molar-refractivity contribution in [3.05, 3.63) is 35.4 Å². The molecule has 1 aromatic rings. The second-order valence-corrected chi connectivity index (χ2v) is 6.41. The predicted octanol–water partition coefficient (Wildman–Crippen LogP) is 3.54. The molecule has 0 bridgehead atoms. The summed E-state index contributed by atoms with van der Waals surface area (Å²) in [4.78, 5) is 14.2. The zero-order valence-corrected chi connectivity index (χ0v) is 13.4. The molecule has 1 aromatic carbocycles. The average Bonchev–Trinajstić information content (AvgIpc) is 2.46. The van der Waals surface area contributed by atoms with Gasteiger partial charge in [-0.15, -0.1) is 0 Å². The largest absolute Gasteiger partial charge is 0.416 e. The normalized spacial score (nSPS) is 23.7. The van der Waals surface area contributed by atoms with Crippen LogP contribution in [-0.2, 0) is 11.0 Å². The molecule has 23 heavy (non-hydrogen) atoms. The van der Waals surface area contributed by atoms with E-state index >= 15 is 0 Å². The number of benzene rings is 1. The third-order valence-electron chi connectivity index (χ3n) is 4.51. The van der Waals surface area contributed by atoms with E-state index in [1.807, 2.05) is 6.92 Å². The van der Waals surface area contributed by atoms with E-state index in [4.69, 9.17) is 5.73 Å². The Kier molecular flexibility index (Phi) is 5.34. The molecular formula is C17H23F3N2O. The molecule has 1 fully saturated rings. The first-order valence-electron chi connectivity index (χ1n) is 7.91. The Bertz CT molecular complexity index is 559. The van der Waals surface area contributed by atoms with Gasteiger partial charge in [-0.3, -0.25) is 4.79 Å². The number of carbonyl (C=O) groups excluding carboxylic acids is 1. The van der Waals surface area contributed by atoms with Gasteiger partial charge in [0.05, 0.1) is 5.56 Å². The molecule has 1 aliphatic heterocycles. The standard InChI is InChI=1S/C17H23F3N2O/c1-11(14-5-3-4-6-15(14)17(18,19)20)9-16(23)22-8-7-13(21)10-12(22)2/h3-6,11-13H,7-10,21H2,1-2H3/t11-,12-,13-/m1/s1. The molecule has 2 rings (SSSR count). The lowest BCUT2D eigenvalue weighted by molar-refractivity contribution is -0.139. The number of nitrogens with zero attached hydrogens (tertiary/aromatic N) is 1. The van der Waals surface area contributed by atoms with Crippen molar-refractivity contribution in [1.29, 1.82) is 0 Å². The van der Waals surface area contributed by atoms with Crippen LogP contribution >= 0.6 is 0 Å². The molecule has 3 nitrogen and oxygen atoms in total. The number of rotatable bonds is 3. The molecule has 0 aromatic heterocycles. The van der Waals surface area contributed by atoms with E-state index in [2.05, 4.69) is 0 Å². The van der Waals surface area contributed by atoms with Crippen molar-refractivity contribution < 1.29 is 18.0 Å². The third-order valence-corrected chi connectivity index (χ3v) is 4.51. The number of halogens is 3. The second-order valence-electron chi connectivity index (χ2n) is 6.41. The number of amides is 1. The average molecular weight is 328 g/mol. The number of nitrogens with two attached hydrogens (primary N) is 1. The highest BCUT2D eigenvalue weighted by atomic mass is 19.4. The quantitative estimate of drug-likeness (QED) is 0.922. The van der Waals surface area contributed by atoms with E-state index in [1.54, 1.807) is 17.9 Å². The summed E-state index contributed by atoms with van der Waals surface area (Å²) < 4.78 is 39.3. The van der Waals surface area contributed by atoms with Crippen LogP contribution in [0.2, 0.25) is 0 Å². The monoisotopic (exact) mass is 328 g/mol. The smallest absolute Gasteiger partial charge is 0.340 e. The first kappa shape index (κ1) is 17.8. The Labute approximate surface area is 134 Å². The van der Waals surface area contributed by atoms with Crippen LogP contribution in [0.15, 0.2) is 24.3 Å². The molecule has 3 atom stereocenters. The van der Waals surface area contributed by atoms with Gasteiger partial charge in [0.1, 0.15) is 0 Å². The maximum absolute atomic E-state index is 13.1. The molecule has 1 amide bonds. The van der Waals surface area contributed by atoms with Crippen molar-refractivity contribution >= 4 is 5.91 Å². The van der Waals surface area contributed by atoms with E-state index in [9.17, 15) is 18.0 Å². The molecule has 0 radical (unpaired) electrons. The first-order chi connectivity index (χ1) is 10.7. The molecular weight excluding hydrogens is 305 g/mol. The van der Waals surface area contributed by atoms with Gasteiger partial charge < -0.3 is 10.6 Å². The molecule has 0 saturated carbocycles. The van der Waals surface area contributed by atoms with Crippen LogP contribution in [0, 0.1) is 0 Å².